The predicted molar refractivity (Wildman–Crippen MR) is 160 cm³/mol. The maximum absolute atomic E-state index is 15.2. The molecule has 1 aliphatic carbocycles. The zero-order valence-corrected chi connectivity index (χ0v) is 26.1. The van der Waals surface area contributed by atoms with Crippen LogP contribution in [0.5, 0.6) is 0 Å². The molecule has 0 radical (unpaired) electrons. The van der Waals surface area contributed by atoms with Gasteiger partial charge in [-0.2, -0.15) is 13.2 Å². The van der Waals surface area contributed by atoms with Gasteiger partial charge in [-0.25, -0.2) is 0 Å². The first kappa shape index (κ1) is 32.2. The molecule has 5 rings (SSSR count). The van der Waals surface area contributed by atoms with Crippen molar-refractivity contribution in [3.05, 3.63) is 81.5 Å². The number of H-pyrrole nitrogens is 1. The molecule has 3 aromatic rings. The van der Waals surface area contributed by atoms with E-state index in [0.717, 1.165) is 24.8 Å². The van der Waals surface area contributed by atoms with Crippen molar-refractivity contribution in [3.63, 3.8) is 0 Å². The Morgan fingerprint density at radius 3 is 2.43 bits per heavy atom. The Bertz CT molecular complexity index is 1560. The van der Waals surface area contributed by atoms with Gasteiger partial charge in [-0.05, 0) is 7.05 Å². The molecule has 2 N–H and O–H groups in total. The summed E-state index contributed by atoms with van der Waals surface area (Å²) in [4.78, 5) is 31.1. The molecule has 44 heavy (non-hydrogen) atoms. The van der Waals surface area contributed by atoms with E-state index in [9.17, 15) is 31.5 Å². The molecule has 1 unspecified atom stereocenters. The maximum atomic E-state index is 15.2. The first-order valence-corrected chi connectivity index (χ1v) is 17.1. The molecule has 0 spiro atoms. The molecule has 1 amide bonds. The summed E-state index contributed by atoms with van der Waals surface area (Å²) in [7, 11) is 1.97. The fourth-order valence-electron chi connectivity index (χ4n) is 5.62. The number of aromatic amines is 1. The molecule has 236 valence electrons. The van der Waals surface area contributed by atoms with Crippen LogP contribution in [0.15, 0.2) is 53.5 Å². The van der Waals surface area contributed by atoms with Crippen LogP contribution >= 0.6 is 0 Å². The number of alkyl halides is 5. The Balaban J connectivity index is 1.45. The Kier molecular flexibility index (Phi) is 9.51. The first-order chi connectivity index (χ1) is 20.8. The fourth-order valence-corrected chi connectivity index (χ4v) is 8.64. The van der Waals surface area contributed by atoms with Gasteiger partial charge >= 0.3 is 227 Å². The number of amides is 1. The number of benzene rings is 2. The monoisotopic (exact) mass is 682 g/mol. The summed E-state index contributed by atoms with van der Waals surface area (Å²) in [5.74, 6) is -4.16. The normalized spacial score (nSPS) is 18.2. The van der Waals surface area contributed by atoms with Crippen molar-refractivity contribution in [2.24, 2.45) is 0 Å². The Morgan fingerprint density at radius 2 is 1.75 bits per heavy atom. The SMILES string of the molecule is CN1CCN(c2ccc(-c3cc(C[AsH]C4CCC(F)(F)CC4)ccc3F)cc2NC(=O)c2c[nH]c(=O)cc2C(F)(F)F)CC1. The number of carbonyl (C=O) groups excluding carboxylic acids is 1. The summed E-state index contributed by atoms with van der Waals surface area (Å²) in [6, 6.07) is 10.1. The van der Waals surface area contributed by atoms with E-state index >= 15 is 4.39 Å². The second-order valence-electron chi connectivity index (χ2n) is 11.4. The summed E-state index contributed by atoms with van der Waals surface area (Å²) >= 11 is -0.583. The topological polar surface area (TPSA) is 68.4 Å². The zero-order chi connectivity index (χ0) is 31.6. The molecule has 2 fully saturated rings. The minimum atomic E-state index is -4.94. The standard InChI is InChI=1S/C31H33AsF6N4O2/c1-41-10-12-42(13-11-41)27-5-3-20(15-26(27)40-29(44)23-18-39-28(43)16-24(23)31(36,37)38)22-14-19(2-4-25(22)33)17-32-21-6-8-30(34,35)9-7-21/h2-5,14-16,18,21,32H,6-13,17H2,1H3,(H,39,43)(H,40,44). The van der Waals surface area contributed by atoms with Gasteiger partial charge in [0.1, 0.15) is 0 Å². The van der Waals surface area contributed by atoms with Crippen LogP contribution in [-0.4, -0.2) is 70.7 Å². The van der Waals surface area contributed by atoms with Gasteiger partial charge in [0.25, 0.3) is 0 Å². The van der Waals surface area contributed by atoms with Gasteiger partial charge in [0.15, 0.2) is 0 Å². The Hall–Kier alpha value is -3.24. The molecule has 6 nitrogen and oxygen atoms in total. The number of carbonyl (C=O) groups is 1. The van der Waals surface area contributed by atoms with Crippen molar-refractivity contribution < 1.29 is 31.1 Å². The van der Waals surface area contributed by atoms with Crippen molar-refractivity contribution >= 4 is 33.0 Å². The molecule has 2 aliphatic rings. The number of anilines is 2. The molecule has 0 bridgehead atoms. The van der Waals surface area contributed by atoms with E-state index in [1.165, 1.54) is 6.07 Å². The van der Waals surface area contributed by atoms with Crippen molar-refractivity contribution in [2.75, 3.05) is 43.4 Å². The Labute approximate surface area is 257 Å². The fraction of sp³-hybridized carbons (Fsp3) is 0.419. The van der Waals surface area contributed by atoms with E-state index in [2.05, 4.69) is 15.2 Å². The van der Waals surface area contributed by atoms with Crippen molar-refractivity contribution in [3.8, 4) is 11.1 Å². The quantitative estimate of drug-likeness (QED) is 0.232. The van der Waals surface area contributed by atoms with Crippen molar-refractivity contribution in [1.82, 2.24) is 9.88 Å². The second kappa shape index (κ2) is 13.0. The summed E-state index contributed by atoms with van der Waals surface area (Å²) in [5, 5.41) is 3.30. The Morgan fingerprint density at radius 1 is 1.05 bits per heavy atom. The average molecular weight is 683 g/mol. The number of hydrogen-bond acceptors (Lipinski definition) is 4. The number of aromatic nitrogens is 1. The van der Waals surface area contributed by atoms with Gasteiger partial charge in [-0.3, -0.25) is 4.79 Å². The number of hydrogen-bond donors (Lipinski definition) is 2. The van der Waals surface area contributed by atoms with Crippen LogP contribution in [0.2, 0.25) is 4.71 Å². The molecule has 13 heteroatoms. The van der Waals surface area contributed by atoms with Crippen LogP contribution in [-0.2, 0) is 11.4 Å². The number of halogens is 6. The van der Waals surface area contributed by atoms with Gasteiger partial charge in [0.2, 0.25) is 5.56 Å². The molecule has 2 heterocycles. The van der Waals surface area contributed by atoms with E-state index < -0.39 is 56.3 Å². The summed E-state index contributed by atoms with van der Waals surface area (Å²) in [5.41, 5.74) is -0.741. The number of nitrogens with zero attached hydrogens (tertiary/aromatic N) is 2. The summed E-state index contributed by atoms with van der Waals surface area (Å²) in [6.07, 6.45) is -3.37. The van der Waals surface area contributed by atoms with E-state index in [1.807, 2.05) is 11.9 Å². The van der Waals surface area contributed by atoms with E-state index in [4.69, 9.17) is 0 Å². The van der Waals surface area contributed by atoms with Gasteiger partial charge < -0.3 is 0 Å². The number of piperazine rings is 1. The third kappa shape index (κ3) is 7.69. The molecular weight excluding hydrogens is 649 g/mol. The minimum absolute atomic E-state index is 0.0898. The van der Waals surface area contributed by atoms with Crippen LogP contribution in [0.25, 0.3) is 11.1 Å². The third-order valence-corrected chi connectivity index (χ3v) is 11.9. The van der Waals surface area contributed by atoms with Crippen LogP contribution in [0, 0.1) is 5.82 Å². The van der Waals surface area contributed by atoms with Gasteiger partial charge in [-0.15, -0.1) is 0 Å². The van der Waals surface area contributed by atoms with Crippen molar-refractivity contribution in [2.45, 2.75) is 47.7 Å². The average Bonchev–Trinajstić information content (AvgIpc) is 2.97. The van der Waals surface area contributed by atoms with Crippen LogP contribution < -0.4 is 15.8 Å². The van der Waals surface area contributed by atoms with Gasteiger partial charge in [-0.1, -0.05) is 0 Å². The van der Waals surface area contributed by atoms with Crippen LogP contribution in [0.3, 0.4) is 0 Å². The molecule has 1 atom stereocenters. The number of likely N-dealkylation sites (N-methyl/N-ethyl adjacent to an activating group) is 1. The molecule has 2 aromatic carbocycles. The molecule has 1 aromatic heterocycles. The molecular formula is C31H33AsF6N4O2. The summed E-state index contributed by atoms with van der Waals surface area (Å²) < 4.78 is 83.7. The number of rotatable bonds is 7. The van der Waals surface area contributed by atoms with E-state index in [1.54, 1.807) is 30.3 Å². The van der Waals surface area contributed by atoms with Crippen molar-refractivity contribution in [1.29, 1.82) is 0 Å². The molecule has 1 aliphatic heterocycles. The van der Waals surface area contributed by atoms with Gasteiger partial charge in [0.05, 0.1) is 0 Å². The molecule has 1 saturated heterocycles. The summed E-state index contributed by atoms with van der Waals surface area (Å²) in [6.45, 7) is 2.66. The van der Waals surface area contributed by atoms with Crippen LogP contribution in [0.4, 0.5) is 37.7 Å². The number of pyridine rings is 1. The van der Waals surface area contributed by atoms with E-state index in [-0.39, 0.29) is 24.1 Å². The first-order valence-electron chi connectivity index (χ1n) is 14.4. The van der Waals surface area contributed by atoms with Gasteiger partial charge in [0, 0.05) is 0 Å². The number of nitrogens with one attached hydrogen (secondary N) is 2. The second-order valence-corrected chi connectivity index (χ2v) is 14.7. The third-order valence-electron chi connectivity index (χ3n) is 8.22. The van der Waals surface area contributed by atoms with Crippen LogP contribution in [0.1, 0.15) is 47.2 Å². The van der Waals surface area contributed by atoms with E-state index in [0.29, 0.717) is 53.2 Å². The zero-order valence-electron chi connectivity index (χ0n) is 24.0. The molecule has 1 saturated carbocycles. The predicted octanol–water partition coefficient (Wildman–Crippen LogP) is 6.14.